The van der Waals surface area contributed by atoms with E-state index in [9.17, 15) is 14.4 Å². The van der Waals surface area contributed by atoms with Crippen LogP contribution in [0.5, 0.6) is 11.5 Å². The van der Waals surface area contributed by atoms with Gasteiger partial charge in [0.25, 0.3) is 0 Å². The lowest BCUT2D eigenvalue weighted by atomic mass is 10.2. The maximum absolute atomic E-state index is 12.1. The van der Waals surface area contributed by atoms with E-state index in [4.69, 9.17) is 21.1 Å². The predicted octanol–water partition coefficient (Wildman–Crippen LogP) is 3.13. The van der Waals surface area contributed by atoms with Crippen molar-refractivity contribution in [3.8, 4) is 11.5 Å². The monoisotopic (exact) mass is 446 g/mol. The van der Waals surface area contributed by atoms with Crippen LogP contribution in [0.15, 0.2) is 41.5 Å². The van der Waals surface area contributed by atoms with Crippen LogP contribution in [0.1, 0.15) is 18.9 Å². The number of rotatable bonds is 7. The van der Waals surface area contributed by atoms with E-state index >= 15 is 0 Å². The molecule has 31 heavy (non-hydrogen) atoms. The van der Waals surface area contributed by atoms with Crippen LogP contribution in [0, 0.1) is 6.92 Å². The molecule has 0 radical (unpaired) electrons. The molecule has 3 N–H and O–H groups in total. The minimum Gasteiger partial charge on any atom is -0.497 e. The van der Waals surface area contributed by atoms with Gasteiger partial charge in [0.2, 0.25) is 5.91 Å². The number of carbonyl (C=O) groups excluding carboxylic acids is 3. The summed E-state index contributed by atoms with van der Waals surface area (Å²) in [5.41, 5.74) is 4.12. The van der Waals surface area contributed by atoms with Crippen molar-refractivity contribution in [1.29, 1.82) is 0 Å². The molecule has 0 aliphatic carbocycles. The highest BCUT2D eigenvalue weighted by atomic mass is 35.5. The summed E-state index contributed by atoms with van der Waals surface area (Å²) >= 11 is 6.04. The summed E-state index contributed by atoms with van der Waals surface area (Å²) in [6.07, 6.45) is -0.0862. The summed E-state index contributed by atoms with van der Waals surface area (Å²) in [6.45, 7) is 3.40. The molecule has 0 fully saturated rings. The van der Waals surface area contributed by atoms with Crippen LogP contribution in [0.25, 0.3) is 0 Å². The zero-order valence-electron chi connectivity index (χ0n) is 17.5. The van der Waals surface area contributed by atoms with Gasteiger partial charge in [0, 0.05) is 22.5 Å². The van der Waals surface area contributed by atoms with Crippen LogP contribution in [-0.2, 0) is 14.4 Å². The highest BCUT2D eigenvalue weighted by Gasteiger charge is 2.16. The topological polar surface area (TPSA) is 118 Å². The first-order valence-electron chi connectivity index (χ1n) is 9.16. The molecule has 0 aliphatic heterocycles. The second-order valence-corrected chi connectivity index (χ2v) is 6.90. The first-order valence-corrected chi connectivity index (χ1v) is 9.53. The van der Waals surface area contributed by atoms with Gasteiger partial charge in [0.05, 0.1) is 26.3 Å². The highest BCUT2D eigenvalue weighted by molar-refractivity contribution is 6.39. The molecule has 0 aromatic heterocycles. The molecule has 3 amide bonds. The third-order valence-corrected chi connectivity index (χ3v) is 4.49. The average Bonchev–Trinajstić information content (AvgIpc) is 2.74. The first-order chi connectivity index (χ1) is 14.7. The molecular formula is C21H23ClN4O5. The Bertz CT molecular complexity index is 1020. The number of benzene rings is 2. The largest absolute Gasteiger partial charge is 0.497 e. The Morgan fingerprint density at radius 3 is 2.39 bits per heavy atom. The fraction of sp³-hybridized carbons (Fsp3) is 0.238. The first kappa shape index (κ1) is 23.7. The minimum absolute atomic E-state index is 0.0862. The number of nitrogens with zero attached hydrogens (tertiary/aromatic N) is 1. The molecule has 0 unspecified atom stereocenters. The molecule has 0 atom stereocenters. The van der Waals surface area contributed by atoms with Crippen LogP contribution in [0.4, 0.5) is 11.4 Å². The Hall–Kier alpha value is -3.59. The second-order valence-electron chi connectivity index (χ2n) is 6.50. The van der Waals surface area contributed by atoms with Gasteiger partial charge in [0.1, 0.15) is 11.5 Å². The summed E-state index contributed by atoms with van der Waals surface area (Å²) < 4.78 is 10.2. The quantitative estimate of drug-likeness (QED) is 0.343. The van der Waals surface area contributed by atoms with E-state index in [2.05, 4.69) is 21.2 Å². The number of hydrazone groups is 1. The number of aryl methyl sites for hydroxylation is 1. The lowest BCUT2D eigenvalue weighted by Crippen LogP contribution is -2.33. The number of halogens is 1. The molecule has 0 saturated heterocycles. The molecule has 2 rings (SSSR count). The summed E-state index contributed by atoms with van der Waals surface area (Å²) in [7, 11) is 2.90. The molecule has 0 heterocycles. The predicted molar refractivity (Wildman–Crippen MR) is 119 cm³/mol. The van der Waals surface area contributed by atoms with Gasteiger partial charge in [-0.3, -0.25) is 14.4 Å². The number of carbonyl (C=O) groups is 3. The van der Waals surface area contributed by atoms with Crippen molar-refractivity contribution in [3.63, 3.8) is 0 Å². The molecular weight excluding hydrogens is 424 g/mol. The van der Waals surface area contributed by atoms with Crippen molar-refractivity contribution >= 4 is 46.4 Å². The van der Waals surface area contributed by atoms with Gasteiger partial charge in [-0.2, -0.15) is 5.10 Å². The molecule has 164 valence electrons. The molecule has 0 bridgehead atoms. The van der Waals surface area contributed by atoms with E-state index in [0.717, 1.165) is 5.56 Å². The van der Waals surface area contributed by atoms with Crippen molar-refractivity contribution in [2.75, 3.05) is 24.9 Å². The molecule has 0 aliphatic rings. The van der Waals surface area contributed by atoms with Crippen molar-refractivity contribution < 1.29 is 23.9 Å². The average molecular weight is 447 g/mol. The maximum atomic E-state index is 12.1. The van der Waals surface area contributed by atoms with E-state index in [-0.39, 0.29) is 18.0 Å². The number of hydrogen-bond donors (Lipinski definition) is 3. The van der Waals surface area contributed by atoms with E-state index in [1.807, 2.05) is 6.92 Å². The zero-order chi connectivity index (χ0) is 23.0. The van der Waals surface area contributed by atoms with Crippen molar-refractivity contribution in [2.24, 2.45) is 5.10 Å². The normalized spacial score (nSPS) is 10.8. The molecule has 2 aromatic carbocycles. The van der Waals surface area contributed by atoms with Crippen LogP contribution < -0.4 is 25.5 Å². The van der Waals surface area contributed by atoms with Gasteiger partial charge < -0.3 is 20.1 Å². The Labute approximate surface area is 184 Å². The third kappa shape index (κ3) is 7.00. The smallest absolute Gasteiger partial charge is 0.329 e. The Kier molecular flexibility index (Phi) is 8.39. The Balaban J connectivity index is 1.91. The minimum atomic E-state index is -1.00. The zero-order valence-corrected chi connectivity index (χ0v) is 18.3. The van der Waals surface area contributed by atoms with Gasteiger partial charge in [-0.1, -0.05) is 17.7 Å². The van der Waals surface area contributed by atoms with E-state index < -0.39 is 11.8 Å². The number of nitrogens with one attached hydrogen (secondary N) is 3. The number of hydrogen-bond acceptors (Lipinski definition) is 6. The van der Waals surface area contributed by atoms with Gasteiger partial charge >= 0.3 is 11.8 Å². The fourth-order valence-corrected chi connectivity index (χ4v) is 2.62. The molecule has 9 nitrogen and oxygen atoms in total. The van der Waals surface area contributed by atoms with Crippen LogP contribution in [0.3, 0.4) is 0 Å². The molecule has 0 spiro atoms. The summed E-state index contributed by atoms with van der Waals surface area (Å²) in [6, 6.07) is 9.91. The van der Waals surface area contributed by atoms with Gasteiger partial charge in [0.15, 0.2) is 0 Å². The van der Waals surface area contributed by atoms with Gasteiger partial charge in [-0.25, -0.2) is 5.43 Å². The highest BCUT2D eigenvalue weighted by Crippen LogP contribution is 2.28. The third-order valence-electron chi connectivity index (χ3n) is 4.08. The van der Waals surface area contributed by atoms with E-state index in [1.165, 1.54) is 20.3 Å². The summed E-state index contributed by atoms with van der Waals surface area (Å²) in [5, 5.41) is 9.44. The van der Waals surface area contributed by atoms with Crippen molar-refractivity contribution in [2.45, 2.75) is 20.3 Å². The van der Waals surface area contributed by atoms with Crippen molar-refractivity contribution in [3.05, 3.63) is 47.0 Å². The van der Waals surface area contributed by atoms with Crippen LogP contribution in [0.2, 0.25) is 5.02 Å². The SMILES string of the molecule is COc1ccc(OC)c(NC(=O)C(=O)N/N=C(\C)CC(=O)Nc2ccc(C)c(Cl)c2)c1. The molecule has 10 heteroatoms. The maximum Gasteiger partial charge on any atom is 0.329 e. The standard InChI is InChI=1S/C21H23ClN4O5/c1-12-5-6-14(10-16(12)22)23-19(27)9-13(2)25-26-21(29)20(28)24-17-11-15(30-3)7-8-18(17)31-4/h5-8,10-11H,9H2,1-4H3,(H,23,27)(H,24,28)(H,26,29)/b25-13+. The molecule has 0 saturated carbocycles. The lowest BCUT2D eigenvalue weighted by molar-refractivity contribution is -0.136. The summed E-state index contributed by atoms with van der Waals surface area (Å²) in [5.74, 6) is -1.47. The Morgan fingerprint density at radius 2 is 1.74 bits per heavy atom. The van der Waals surface area contributed by atoms with Crippen molar-refractivity contribution in [1.82, 2.24) is 5.43 Å². The van der Waals surface area contributed by atoms with E-state index in [0.29, 0.717) is 27.9 Å². The summed E-state index contributed by atoms with van der Waals surface area (Å²) in [4.78, 5) is 36.3. The van der Waals surface area contributed by atoms with E-state index in [1.54, 1.807) is 37.3 Å². The lowest BCUT2D eigenvalue weighted by Gasteiger charge is -2.11. The fourth-order valence-electron chi connectivity index (χ4n) is 2.44. The van der Waals surface area contributed by atoms with Gasteiger partial charge in [-0.05, 0) is 43.7 Å². The Morgan fingerprint density at radius 1 is 1.00 bits per heavy atom. The van der Waals surface area contributed by atoms with Gasteiger partial charge in [-0.15, -0.1) is 0 Å². The van der Waals surface area contributed by atoms with Crippen LogP contribution in [-0.4, -0.2) is 37.7 Å². The number of amides is 3. The number of methoxy groups -OCH3 is 2. The van der Waals surface area contributed by atoms with Crippen LogP contribution >= 0.6 is 11.6 Å². The molecule has 2 aromatic rings. The number of anilines is 2. The second kappa shape index (κ2) is 11.0. The number of ether oxygens (including phenoxy) is 2.